The minimum Gasteiger partial charge on any atom is -0.480 e. The number of aliphatic carboxylic acids is 1. The molecule has 1 aromatic rings. The SMILES string of the molecule is CNS(=O)(=O)c1ccc(CCC(=O)NC2(C(=O)O)CCC(C)CC2)cc1. The number of hydrogen-bond donors (Lipinski definition) is 3. The molecule has 0 heterocycles. The van der Waals surface area contributed by atoms with Crippen LogP contribution < -0.4 is 10.0 Å². The number of carboxylic acids is 1. The van der Waals surface area contributed by atoms with Gasteiger partial charge in [-0.25, -0.2) is 17.9 Å². The molecule has 0 unspecified atom stereocenters. The minimum absolute atomic E-state index is 0.155. The van der Waals surface area contributed by atoms with E-state index in [0.717, 1.165) is 18.4 Å². The van der Waals surface area contributed by atoms with Gasteiger partial charge in [-0.15, -0.1) is 0 Å². The molecule has 26 heavy (non-hydrogen) atoms. The van der Waals surface area contributed by atoms with Crippen molar-refractivity contribution in [3.8, 4) is 0 Å². The summed E-state index contributed by atoms with van der Waals surface area (Å²) in [5.74, 6) is -0.792. The van der Waals surface area contributed by atoms with Crippen LogP contribution in [0.2, 0.25) is 0 Å². The van der Waals surface area contributed by atoms with Crippen LogP contribution in [0.5, 0.6) is 0 Å². The van der Waals surface area contributed by atoms with Gasteiger partial charge in [-0.1, -0.05) is 19.1 Å². The molecule has 1 amide bonds. The van der Waals surface area contributed by atoms with E-state index in [4.69, 9.17) is 0 Å². The summed E-state index contributed by atoms with van der Waals surface area (Å²) < 4.78 is 25.6. The van der Waals surface area contributed by atoms with Crippen LogP contribution in [0.4, 0.5) is 0 Å². The van der Waals surface area contributed by atoms with E-state index >= 15 is 0 Å². The number of benzene rings is 1. The van der Waals surface area contributed by atoms with Gasteiger partial charge in [0.15, 0.2) is 0 Å². The van der Waals surface area contributed by atoms with Gasteiger partial charge in [-0.2, -0.15) is 0 Å². The van der Waals surface area contributed by atoms with Crippen molar-refractivity contribution in [2.24, 2.45) is 5.92 Å². The molecule has 7 nitrogen and oxygen atoms in total. The third-order valence-electron chi connectivity index (χ3n) is 5.06. The first kappa shape index (κ1) is 20.4. The van der Waals surface area contributed by atoms with Crippen LogP contribution in [0.25, 0.3) is 0 Å². The summed E-state index contributed by atoms with van der Waals surface area (Å²) in [7, 11) is -2.14. The number of hydrogen-bond acceptors (Lipinski definition) is 4. The van der Waals surface area contributed by atoms with E-state index in [-0.39, 0.29) is 17.2 Å². The molecular weight excluding hydrogens is 356 g/mol. The van der Waals surface area contributed by atoms with Gasteiger partial charge in [-0.05, 0) is 62.8 Å². The number of carbonyl (C=O) groups excluding carboxylic acids is 1. The highest BCUT2D eigenvalue weighted by molar-refractivity contribution is 7.89. The van der Waals surface area contributed by atoms with E-state index in [1.807, 2.05) is 0 Å². The fourth-order valence-electron chi connectivity index (χ4n) is 3.19. The Hall–Kier alpha value is -1.93. The first-order valence-corrected chi connectivity index (χ1v) is 10.2. The van der Waals surface area contributed by atoms with E-state index in [9.17, 15) is 23.1 Å². The molecule has 1 aromatic carbocycles. The Labute approximate surface area is 154 Å². The van der Waals surface area contributed by atoms with E-state index in [1.54, 1.807) is 12.1 Å². The van der Waals surface area contributed by atoms with Crippen molar-refractivity contribution >= 4 is 21.9 Å². The molecule has 1 saturated carbocycles. The zero-order valence-corrected chi connectivity index (χ0v) is 15.9. The van der Waals surface area contributed by atoms with Crippen molar-refractivity contribution in [3.05, 3.63) is 29.8 Å². The highest BCUT2D eigenvalue weighted by Crippen LogP contribution is 2.32. The summed E-state index contributed by atoms with van der Waals surface area (Å²) in [6, 6.07) is 6.29. The van der Waals surface area contributed by atoms with Gasteiger partial charge in [0.1, 0.15) is 5.54 Å². The summed E-state index contributed by atoms with van der Waals surface area (Å²) >= 11 is 0. The lowest BCUT2D eigenvalue weighted by Gasteiger charge is -2.36. The van der Waals surface area contributed by atoms with Gasteiger partial charge in [-0.3, -0.25) is 4.79 Å². The number of carboxylic acid groups (broad SMARTS) is 1. The Morgan fingerprint density at radius 1 is 1.19 bits per heavy atom. The van der Waals surface area contributed by atoms with Crippen molar-refractivity contribution in [1.29, 1.82) is 0 Å². The molecule has 0 radical (unpaired) electrons. The average Bonchev–Trinajstić information content (AvgIpc) is 2.62. The van der Waals surface area contributed by atoms with Crippen LogP contribution in [-0.2, 0) is 26.0 Å². The standard InChI is InChI=1S/C18H26N2O5S/c1-13-9-11-18(12-10-13,17(22)23)20-16(21)8-5-14-3-6-15(7-4-14)26(24,25)19-2/h3-4,6-7,13,19H,5,8-12H2,1-2H3,(H,20,21)(H,22,23). The lowest BCUT2D eigenvalue weighted by Crippen LogP contribution is -2.56. The highest BCUT2D eigenvalue weighted by atomic mass is 32.2. The second-order valence-electron chi connectivity index (χ2n) is 6.97. The lowest BCUT2D eigenvalue weighted by atomic mass is 9.77. The van der Waals surface area contributed by atoms with Crippen molar-refractivity contribution < 1.29 is 23.1 Å². The average molecular weight is 382 g/mol. The number of aryl methyl sites for hydroxylation is 1. The summed E-state index contributed by atoms with van der Waals surface area (Å²) in [5.41, 5.74) is -0.342. The molecular formula is C18H26N2O5S. The number of amides is 1. The normalized spacial score (nSPS) is 23.4. The van der Waals surface area contributed by atoms with Crippen molar-refractivity contribution in [3.63, 3.8) is 0 Å². The van der Waals surface area contributed by atoms with Gasteiger partial charge in [0.2, 0.25) is 15.9 Å². The topological polar surface area (TPSA) is 113 Å². The van der Waals surface area contributed by atoms with Crippen LogP contribution >= 0.6 is 0 Å². The molecule has 0 atom stereocenters. The maximum Gasteiger partial charge on any atom is 0.329 e. The maximum absolute atomic E-state index is 12.3. The first-order chi connectivity index (χ1) is 12.2. The monoisotopic (exact) mass is 382 g/mol. The molecule has 1 aliphatic carbocycles. The molecule has 144 valence electrons. The third-order valence-corrected chi connectivity index (χ3v) is 6.49. The molecule has 0 bridgehead atoms. The van der Waals surface area contributed by atoms with Gasteiger partial charge in [0, 0.05) is 6.42 Å². The number of sulfonamides is 1. The summed E-state index contributed by atoms with van der Waals surface area (Å²) in [6.07, 6.45) is 3.04. The van der Waals surface area contributed by atoms with Gasteiger partial charge in [0.05, 0.1) is 4.90 Å². The van der Waals surface area contributed by atoms with Gasteiger partial charge >= 0.3 is 5.97 Å². The third kappa shape index (κ3) is 4.82. The molecule has 2 rings (SSSR count). The molecule has 1 fully saturated rings. The second kappa shape index (κ2) is 8.18. The number of nitrogens with one attached hydrogen (secondary N) is 2. The Balaban J connectivity index is 1.95. The second-order valence-corrected chi connectivity index (χ2v) is 8.86. The fraction of sp³-hybridized carbons (Fsp3) is 0.556. The zero-order chi connectivity index (χ0) is 19.4. The molecule has 0 aliphatic heterocycles. The predicted molar refractivity (Wildman–Crippen MR) is 97.2 cm³/mol. The summed E-state index contributed by atoms with van der Waals surface area (Å²) in [4.78, 5) is 24.1. The Bertz CT molecular complexity index is 750. The first-order valence-electron chi connectivity index (χ1n) is 8.75. The van der Waals surface area contributed by atoms with Gasteiger partial charge in [0.25, 0.3) is 0 Å². The molecule has 8 heteroatoms. The van der Waals surface area contributed by atoms with Gasteiger partial charge < -0.3 is 10.4 Å². The van der Waals surface area contributed by atoms with Crippen LogP contribution in [0, 0.1) is 5.92 Å². The van der Waals surface area contributed by atoms with Crippen molar-refractivity contribution in [2.75, 3.05) is 7.05 Å². The Kier molecular flexibility index (Phi) is 6.41. The van der Waals surface area contributed by atoms with Crippen molar-refractivity contribution in [2.45, 2.75) is 55.9 Å². The van der Waals surface area contributed by atoms with Crippen LogP contribution in [0.1, 0.15) is 44.6 Å². The lowest BCUT2D eigenvalue weighted by molar-refractivity contribution is -0.149. The van der Waals surface area contributed by atoms with Crippen LogP contribution in [-0.4, -0.2) is 38.0 Å². The van der Waals surface area contributed by atoms with Crippen LogP contribution in [0.15, 0.2) is 29.2 Å². The molecule has 1 aliphatic rings. The van der Waals surface area contributed by atoms with E-state index in [0.29, 0.717) is 25.2 Å². The predicted octanol–water partition coefficient (Wildman–Crippen LogP) is 1.68. The fourth-order valence-corrected chi connectivity index (χ4v) is 3.92. The van der Waals surface area contributed by atoms with E-state index in [1.165, 1.54) is 19.2 Å². The maximum atomic E-state index is 12.3. The molecule has 0 aromatic heterocycles. The summed E-state index contributed by atoms with van der Waals surface area (Å²) in [6.45, 7) is 2.09. The number of carbonyl (C=O) groups is 2. The Morgan fingerprint density at radius 2 is 1.77 bits per heavy atom. The highest BCUT2D eigenvalue weighted by Gasteiger charge is 2.42. The largest absolute Gasteiger partial charge is 0.480 e. The van der Waals surface area contributed by atoms with E-state index in [2.05, 4.69) is 17.0 Å². The number of rotatable bonds is 7. The molecule has 0 saturated heterocycles. The van der Waals surface area contributed by atoms with Crippen molar-refractivity contribution in [1.82, 2.24) is 10.0 Å². The van der Waals surface area contributed by atoms with E-state index < -0.39 is 21.5 Å². The quantitative estimate of drug-likeness (QED) is 0.664. The summed E-state index contributed by atoms with van der Waals surface area (Å²) in [5, 5.41) is 12.3. The molecule has 3 N–H and O–H groups in total. The minimum atomic E-state index is -3.48. The smallest absolute Gasteiger partial charge is 0.329 e. The Morgan fingerprint density at radius 3 is 2.27 bits per heavy atom. The zero-order valence-electron chi connectivity index (χ0n) is 15.1. The van der Waals surface area contributed by atoms with Crippen LogP contribution in [0.3, 0.4) is 0 Å². The molecule has 0 spiro atoms.